The highest BCUT2D eigenvalue weighted by molar-refractivity contribution is 5.17. The molecular formula is C15H17FN2. The van der Waals surface area contributed by atoms with Crippen molar-refractivity contribution in [1.29, 1.82) is 0 Å². The van der Waals surface area contributed by atoms with E-state index in [1.54, 1.807) is 18.3 Å². The minimum atomic E-state index is -0.176. The zero-order chi connectivity index (χ0) is 12.8. The fraction of sp³-hybridized carbons (Fsp3) is 0.267. The van der Waals surface area contributed by atoms with E-state index in [0.717, 1.165) is 24.2 Å². The summed E-state index contributed by atoms with van der Waals surface area (Å²) < 4.78 is 13.0. The summed E-state index contributed by atoms with van der Waals surface area (Å²) in [6.45, 7) is 2.82. The van der Waals surface area contributed by atoms with Crippen molar-refractivity contribution in [3.05, 3.63) is 65.7 Å². The third-order valence-corrected chi connectivity index (χ3v) is 2.79. The molecule has 0 spiro atoms. The number of hydrogen-bond acceptors (Lipinski definition) is 2. The van der Waals surface area contributed by atoms with Crippen molar-refractivity contribution in [1.82, 2.24) is 10.3 Å². The first-order valence-electron chi connectivity index (χ1n) is 6.12. The summed E-state index contributed by atoms with van der Waals surface area (Å²) in [4.78, 5) is 4.25. The maximum atomic E-state index is 13.0. The van der Waals surface area contributed by atoms with Crippen LogP contribution in [0, 0.1) is 5.82 Å². The fourth-order valence-corrected chi connectivity index (χ4v) is 1.87. The lowest BCUT2D eigenvalue weighted by atomic mass is 10.1. The van der Waals surface area contributed by atoms with E-state index in [0.29, 0.717) is 0 Å². The maximum Gasteiger partial charge on any atom is 0.123 e. The highest BCUT2D eigenvalue weighted by Crippen LogP contribution is 2.06. The molecule has 0 fully saturated rings. The van der Waals surface area contributed by atoms with E-state index in [1.165, 1.54) is 6.07 Å². The van der Waals surface area contributed by atoms with Crippen LogP contribution < -0.4 is 5.32 Å². The standard InChI is InChI=1S/C15H17FN2/c1-12(9-13-5-4-6-14(16)10-13)18-11-15-7-2-3-8-17-15/h2-8,10,12,18H,9,11H2,1H3. The molecule has 18 heavy (non-hydrogen) atoms. The molecule has 3 heteroatoms. The van der Waals surface area contributed by atoms with Crippen LogP contribution in [-0.4, -0.2) is 11.0 Å². The second-order valence-electron chi connectivity index (χ2n) is 4.44. The third kappa shape index (κ3) is 3.93. The monoisotopic (exact) mass is 244 g/mol. The number of pyridine rings is 1. The molecule has 1 aromatic heterocycles. The van der Waals surface area contributed by atoms with Crippen molar-refractivity contribution in [3.63, 3.8) is 0 Å². The summed E-state index contributed by atoms with van der Waals surface area (Å²) in [5, 5.41) is 3.38. The largest absolute Gasteiger partial charge is 0.308 e. The van der Waals surface area contributed by atoms with Crippen LogP contribution in [0.3, 0.4) is 0 Å². The fourth-order valence-electron chi connectivity index (χ4n) is 1.87. The number of halogens is 1. The van der Waals surface area contributed by atoms with Crippen LogP contribution in [0.5, 0.6) is 0 Å². The van der Waals surface area contributed by atoms with Gasteiger partial charge < -0.3 is 5.32 Å². The Morgan fingerprint density at radius 3 is 2.83 bits per heavy atom. The molecule has 1 aromatic carbocycles. The molecular weight excluding hydrogens is 227 g/mol. The highest BCUT2D eigenvalue weighted by atomic mass is 19.1. The van der Waals surface area contributed by atoms with Gasteiger partial charge in [0.1, 0.15) is 5.82 Å². The van der Waals surface area contributed by atoms with Gasteiger partial charge in [-0.1, -0.05) is 18.2 Å². The maximum absolute atomic E-state index is 13.0. The minimum absolute atomic E-state index is 0.176. The van der Waals surface area contributed by atoms with Crippen LogP contribution in [0.15, 0.2) is 48.7 Å². The second kappa shape index (κ2) is 6.26. The SMILES string of the molecule is CC(Cc1cccc(F)c1)NCc1ccccn1. The minimum Gasteiger partial charge on any atom is -0.308 e. The van der Waals surface area contributed by atoms with E-state index in [4.69, 9.17) is 0 Å². The predicted octanol–water partition coefficient (Wildman–Crippen LogP) is 2.94. The number of nitrogens with one attached hydrogen (secondary N) is 1. The summed E-state index contributed by atoms with van der Waals surface area (Å²) in [7, 11) is 0. The van der Waals surface area contributed by atoms with E-state index in [2.05, 4.69) is 17.2 Å². The molecule has 0 aliphatic heterocycles. The Labute approximate surface area is 107 Å². The Balaban J connectivity index is 1.84. The van der Waals surface area contributed by atoms with Crippen molar-refractivity contribution < 1.29 is 4.39 Å². The average Bonchev–Trinajstić information content (AvgIpc) is 2.38. The Bertz CT molecular complexity index is 485. The van der Waals surface area contributed by atoms with E-state index in [9.17, 15) is 4.39 Å². The molecule has 2 aromatic rings. The molecule has 2 rings (SSSR count). The Kier molecular flexibility index (Phi) is 4.42. The first-order valence-corrected chi connectivity index (χ1v) is 6.12. The van der Waals surface area contributed by atoms with Crippen molar-refractivity contribution in [3.8, 4) is 0 Å². The summed E-state index contributed by atoms with van der Waals surface area (Å²) in [5.41, 5.74) is 2.03. The Morgan fingerprint density at radius 2 is 2.11 bits per heavy atom. The van der Waals surface area contributed by atoms with E-state index < -0.39 is 0 Å². The molecule has 1 unspecified atom stereocenters. The lowest BCUT2D eigenvalue weighted by molar-refractivity contribution is 0.537. The quantitative estimate of drug-likeness (QED) is 0.874. The molecule has 0 saturated carbocycles. The van der Waals surface area contributed by atoms with Crippen molar-refractivity contribution in [2.75, 3.05) is 0 Å². The number of benzene rings is 1. The Hall–Kier alpha value is -1.74. The number of nitrogens with zero attached hydrogens (tertiary/aromatic N) is 1. The number of rotatable bonds is 5. The molecule has 0 aliphatic rings. The van der Waals surface area contributed by atoms with Gasteiger partial charge in [0, 0.05) is 18.8 Å². The van der Waals surface area contributed by atoms with Gasteiger partial charge in [-0.2, -0.15) is 0 Å². The highest BCUT2D eigenvalue weighted by Gasteiger charge is 2.04. The van der Waals surface area contributed by atoms with Crippen LogP contribution in [0.1, 0.15) is 18.2 Å². The first-order chi connectivity index (χ1) is 8.74. The normalized spacial score (nSPS) is 12.3. The van der Waals surface area contributed by atoms with Gasteiger partial charge >= 0.3 is 0 Å². The number of hydrogen-bond donors (Lipinski definition) is 1. The average molecular weight is 244 g/mol. The molecule has 1 atom stereocenters. The zero-order valence-electron chi connectivity index (χ0n) is 10.4. The van der Waals surface area contributed by atoms with E-state index in [1.807, 2.05) is 24.3 Å². The van der Waals surface area contributed by atoms with E-state index >= 15 is 0 Å². The lowest BCUT2D eigenvalue weighted by Crippen LogP contribution is -2.27. The van der Waals surface area contributed by atoms with Crippen molar-refractivity contribution >= 4 is 0 Å². The second-order valence-corrected chi connectivity index (χ2v) is 4.44. The van der Waals surface area contributed by atoms with Crippen molar-refractivity contribution in [2.45, 2.75) is 25.9 Å². The van der Waals surface area contributed by atoms with Gasteiger partial charge in [0.2, 0.25) is 0 Å². The molecule has 0 amide bonds. The van der Waals surface area contributed by atoms with Gasteiger partial charge in [0.05, 0.1) is 5.69 Å². The molecule has 1 N–H and O–H groups in total. The lowest BCUT2D eigenvalue weighted by Gasteiger charge is -2.13. The Morgan fingerprint density at radius 1 is 1.22 bits per heavy atom. The summed E-state index contributed by atoms with van der Waals surface area (Å²) in [6, 6.07) is 12.9. The summed E-state index contributed by atoms with van der Waals surface area (Å²) >= 11 is 0. The molecule has 0 aliphatic carbocycles. The smallest absolute Gasteiger partial charge is 0.123 e. The van der Waals surface area contributed by atoms with Crippen LogP contribution >= 0.6 is 0 Å². The van der Waals surface area contributed by atoms with Crippen LogP contribution in [-0.2, 0) is 13.0 Å². The summed E-state index contributed by atoms with van der Waals surface area (Å²) in [5.74, 6) is -0.176. The molecule has 1 heterocycles. The number of aromatic nitrogens is 1. The van der Waals surface area contributed by atoms with Crippen LogP contribution in [0.2, 0.25) is 0 Å². The topological polar surface area (TPSA) is 24.9 Å². The molecule has 94 valence electrons. The molecule has 0 saturated heterocycles. The van der Waals surface area contributed by atoms with Crippen LogP contribution in [0.25, 0.3) is 0 Å². The van der Waals surface area contributed by atoms with Gasteiger partial charge in [-0.3, -0.25) is 4.98 Å². The van der Waals surface area contributed by atoms with Gasteiger partial charge in [-0.15, -0.1) is 0 Å². The zero-order valence-corrected chi connectivity index (χ0v) is 10.4. The van der Waals surface area contributed by atoms with Crippen molar-refractivity contribution in [2.24, 2.45) is 0 Å². The third-order valence-electron chi connectivity index (χ3n) is 2.79. The van der Waals surface area contributed by atoms with Gasteiger partial charge in [-0.25, -0.2) is 4.39 Å². The van der Waals surface area contributed by atoms with Gasteiger partial charge in [-0.05, 0) is 43.2 Å². The summed E-state index contributed by atoms with van der Waals surface area (Å²) in [6.07, 6.45) is 2.60. The van der Waals surface area contributed by atoms with Gasteiger partial charge in [0.25, 0.3) is 0 Å². The van der Waals surface area contributed by atoms with Gasteiger partial charge in [0.15, 0.2) is 0 Å². The molecule has 0 radical (unpaired) electrons. The molecule has 2 nitrogen and oxygen atoms in total. The predicted molar refractivity (Wildman–Crippen MR) is 70.6 cm³/mol. The first kappa shape index (κ1) is 12.7. The molecule has 0 bridgehead atoms. The van der Waals surface area contributed by atoms with E-state index in [-0.39, 0.29) is 11.9 Å². The van der Waals surface area contributed by atoms with Crippen LogP contribution in [0.4, 0.5) is 4.39 Å².